The molecule has 0 saturated heterocycles. The van der Waals surface area contributed by atoms with E-state index < -0.39 is 68.6 Å². The average molecular weight is 449 g/mol. The number of esters is 1. The van der Waals surface area contributed by atoms with E-state index in [-0.39, 0.29) is 43.2 Å². The SMILES string of the molecule is [2H]C([2H])([2H])C([2H])([2H])[C@@]([2H])(C(=O)O[C@H]1C[C@@H](C)C=C2C=C[C@H](C)[C@H](CC[C@@H](O)C[C@@H](O)CC(=O)[O-])[C@H]21)C([2H])([2H])[2H].[NH4+]. The van der Waals surface area contributed by atoms with Gasteiger partial charge in [0.25, 0.3) is 0 Å². The zero-order valence-electron chi connectivity index (χ0n) is 27.3. The Labute approximate surface area is 198 Å². The molecule has 8 atom stereocenters. The van der Waals surface area contributed by atoms with Crippen molar-refractivity contribution in [1.82, 2.24) is 6.15 Å². The van der Waals surface area contributed by atoms with Gasteiger partial charge in [-0.1, -0.05) is 45.8 Å². The molecule has 2 aliphatic rings. The van der Waals surface area contributed by atoms with Gasteiger partial charge in [-0.3, -0.25) is 4.79 Å². The summed E-state index contributed by atoms with van der Waals surface area (Å²) in [6, 6.07) is 0. The zero-order chi connectivity index (χ0) is 30.1. The molecule has 0 aliphatic heterocycles. The summed E-state index contributed by atoms with van der Waals surface area (Å²) in [7, 11) is 0. The van der Waals surface area contributed by atoms with E-state index in [2.05, 4.69) is 0 Å². The molecule has 0 unspecified atom stereocenters. The molecule has 0 fully saturated rings. The Bertz CT molecular complexity index is 967. The van der Waals surface area contributed by atoms with Crippen LogP contribution < -0.4 is 11.3 Å². The number of rotatable bonds is 10. The fraction of sp³-hybridized carbons (Fsp3) is 0.750. The first kappa shape index (κ1) is 16.0. The highest BCUT2D eigenvalue weighted by atomic mass is 16.5. The summed E-state index contributed by atoms with van der Waals surface area (Å²) in [6.45, 7) is -3.52. The molecule has 6 N–H and O–H groups in total. The van der Waals surface area contributed by atoms with Gasteiger partial charge in [-0.2, -0.15) is 0 Å². The minimum absolute atomic E-state index is 0. The topological polar surface area (TPSA) is 143 Å². The smallest absolute Gasteiger partial charge is 0.308 e. The van der Waals surface area contributed by atoms with E-state index in [1.54, 1.807) is 0 Å². The van der Waals surface area contributed by atoms with Gasteiger partial charge in [-0.05, 0) is 55.4 Å². The minimum Gasteiger partial charge on any atom is -0.550 e. The predicted octanol–water partition coefficient (Wildman–Crippen LogP) is 2.76. The fourth-order valence-electron chi connectivity index (χ4n) is 4.56. The summed E-state index contributed by atoms with van der Waals surface area (Å²) < 4.78 is 75.5. The number of quaternary nitrogens is 1. The van der Waals surface area contributed by atoms with Crippen molar-refractivity contribution in [3.05, 3.63) is 23.8 Å². The van der Waals surface area contributed by atoms with E-state index in [9.17, 15) is 24.9 Å². The molecule has 0 saturated carbocycles. The minimum atomic E-state index is -3.75. The molecule has 31 heavy (non-hydrogen) atoms. The van der Waals surface area contributed by atoms with Crippen LogP contribution >= 0.6 is 0 Å². The molecule has 7 heteroatoms. The molecule has 2 rings (SSSR count). The molecular weight excluding hydrogens is 398 g/mol. The molecule has 0 aromatic heterocycles. The number of fused-ring (bicyclic) bond motifs is 1. The van der Waals surface area contributed by atoms with Crippen LogP contribution in [0.3, 0.4) is 0 Å². The van der Waals surface area contributed by atoms with Gasteiger partial charge in [0.05, 0.1) is 18.1 Å². The van der Waals surface area contributed by atoms with Gasteiger partial charge in [0.1, 0.15) is 6.10 Å². The average Bonchev–Trinajstić information content (AvgIpc) is 2.75. The Kier molecular flexibility index (Phi) is 6.38. The van der Waals surface area contributed by atoms with Crippen molar-refractivity contribution in [2.24, 2.45) is 29.6 Å². The maximum absolute atomic E-state index is 13.3. The molecule has 0 amide bonds. The summed E-state index contributed by atoms with van der Waals surface area (Å²) in [4.78, 5) is 24.0. The summed E-state index contributed by atoms with van der Waals surface area (Å²) in [5, 5.41) is 30.9. The van der Waals surface area contributed by atoms with E-state index in [0.29, 0.717) is 6.42 Å². The Morgan fingerprint density at radius 1 is 1.39 bits per heavy atom. The van der Waals surface area contributed by atoms with Gasteiger partial charge < -0.3 is 31.0 Å². The maximum atomic E-state index is 13.3. The van der Waals surface area contributed by atoms with Gasteiger partial charge in [-0.25, -0.2) is 0 Å². The number of aliphatic hydroxyl groups excluding tert-OH is 2. The summed E-state index contributed by atoms with van der Waals surface area (Å²) in [5.41, 5.74) is 0.782. The van der Waals surface area contributed by atoms with Crippen molar-refractivity contribution in [1.29, 1.82) is 0 Å². The lowest BCUT2D eigenvalue weighted by atomic mass is 9.65. The van der Waals surface area contributed by atoms with Gasteiger partial charge in [0, 0.05) is 30.6 Å². The number of carboxylic acids is 1. The van der Waals surface area contributed by atoms with Crippen LogP contribution in [0.4, 0.5) is 0 Å². The summed E-state index contributed by atoms with van der Waals surface area (Å²) >= 11 is 0. The van der Waals surface area contributed by atoms with Crippen LogP contribution in [-0.4, -0.2) is 40.5 Å². The van der Waals surface area contributed by atoms with Gasteiger partial charge >= 0.3 is 5.97 Å². The molecule has 0 spiro atoms. The lowest BCUT2D eigenvalue weighted by molar-refractivity contribution is -0.307. The van der Waals surface area contributed by atoms with E-state index in [1.165, 1.54) is 0 Å². The van der Waals surface area contributed by atoms with Crippen molar-refractivity contribution in [2.45, 2.75) is 84.3 Å². The monoisotopic (exact) mass is 448 g/mol. The van der Waals surface area contributed by atoms with Crippen molar-refractivity contribution in [3.8, 4) is 0 Å². The molecule has 0 radical (unpaired) electrons. The predicted molar refractivity (Wildman–Crippen MR) is 118 cm³/mol. The van der Waals surface area contributed by atoms with Crippen LogP contribution in [0, 0.1) is 29.6 Å². The number of ether oxygens (including phenoxy) is 1. The fourth-order valence-corrected chi connectivity index (χ4v) is 4.56. The van der Waals surface area contributed by atoms with E-state index in [1.807, 2.05) is 32.1 Å². The van der Waals surface area contributed by atoms with Gasteiger partial charge in [0.2, 0.25) is 0 Å². The van der Waals surface area contributed by atoms with Gasteiger partial charge in [-0.15, -0.1) is 0 Å². The Hall–Kier alpha value is -1.70. The molecule has 7 nitrogen and oxygen atoms in total. The first-order chi connectivity index (χ1) is 17.6. The molecule has 178 valence electrons. The number of aliphatic carboxylic acids is 1. The first-order valence-corrected chi connectivity index (χ1v) is 10.3. The molecule has 0 heterocycles. The zero-order valence-corrected chi connectivity index (χ0v) is 18.3. The maximum Gasteiger partial charge on any atom is 0.308 e. The molecule has 2 aliphatic carbocycles. The van der Waals surface area contributed by atoms with Crippen molar-refractivity contribution in [2.75, 3.05) is 0 Å². The quantitative estimate of drug-likeness (QED) is 0.438. The second-order valence-electron chi connectivity index (χ2n) is 8.43. The highest BCUT2D eigenvalue weighted by Gasteiger charge is 2.41. The van der Waals surface area contributed by atoms with E-state index >= 15 is 0 Å². The van der Waals surface area contributed by atoms with Crippen LogP contribution in [0.5, 0.6) is 0 Å². The molecule has 0 aromatic rings. The van der Waals surface area contributed by atoms with Crippen LogP contribution in [-0.2, 0) is 14.3 Å². The van der Waals surface area contributed by atoms with Crippen LogP contribution in [0.2, 0.25) is 0 Å². The lowest BCUT2D eigenvalue weighted by Gasteiger charge is -2.43. The third kappa shape index (κ3) is 7.74. The van der Waals surface area contributed by atoms with Crippen LogP contribution in [0.15, 0.2) is 23.8 Å². The number of aliphatic hydroxyl groups is 2. The lowest BCUT2D eigenvalue weighted by Crippen LogP contribution is -2.41. The van der Waals surface area contributed by atoms with E-state index in [4.69, 9.17) is 17.1 Å². The largest absolute Gasteiger partial charge is 0.550 e. The number of carbonyl (C=O) groups excluding carboxylic acids is 2. The summed E-state index contributed by atoms with van der Waals surface area (Å²) in [5.74, 6) is -7.95. The first-order valence-electron chi connectivity index (χ1n) is 14.8. The third-order valence-electron chi connectivity index (χ3n) is 5.96. The van der Waals surface area contributed by atoms with Crippen LogP contribution in [0.25, 0.3) is 0 Å². The Morgan fingerprint density at radius 2 is 2.13 bits per heavy atom. The highest BCUT2D eigenvalue weighted by Crippen LogP contribution is 2.45. The van der Waals surface area contributed by atoms with Crippen molar-refractivity contribution >= 4 is 11.9 Å². The number of hydrogen-bond acceptors (Lipinski definition) is 6. The van der Waals surface area contributed by atoms with Crippen molar-refractivity contribution < 1.29 is 42.0 Å². The number of carboxylic acid groups (broad SMARTS) is 1. The Morgan fingerprint density at radius 3 is 2.77 bits per heavy atom. The third-order valence-corrected chi connectivity index (χ3v) is 5.96. The van der Waals surface area contributed by atoms with E-state index in [0.717, 1.165) is 5.57 Å². The van der Waals surface area contributed by atoms with Crippen molar-refractivity contribution in [3.63, 3.8) is 0 Å². The second kappa shape index (κ2) is 12.4. The van der Waals surface area contributed by atoms with Crippen LogP contribution in [0.1, 0.15) is 78.4 Å². The molecular formula is C24H41NO6. The highest BCUT2D eigenvalue weighted by molar-refractivity contribution is 5.72. The summed E-state index contributed by atoms with van der Waals surface area (Å²) in [6.07, 6.45) is -1.37. The standard InChI is InChI=1S/C24H38O6.H3N/c1-5-15(3)24(29)30-21-11-14(2)10-17-7-6-16(4)20(23(17)21)9-8-18(25)12-19(26)13-22(27)28;/h6-7,10,14-16,18-21,23,25-26H,5,8-9,11-13H2,1-4H3,(H,27,28);1H3/t14-,15-,16-,18+,19+,20-,21-,23-;/m0./s1/i1D3,3D3,5D2,15D;. The molecule has 0 aromatic carbocycles. The number of allylic oxidation sites excluding steroid dienone is 3. The number of carbonyl (C=O) groups is 2. The molecule has 0 bridgehead atoms. The second-order valence-corrected chi connectivity index (χ2v) is 8.43. The Balaban J connectivity index is 0.00000800. The normalized spacial score (nSPS) is 36.8. The van der Waals surface area contributed by atoms with Gasteiger partial charge in [0.15, 0.2) is 0 Å². The number of hydrogen-bond donors (Lipinski definition) is 3.